The molecule has 1 aromatic rings. The van der Waals surface area contributed by atoms with Crippen LogP contribution in [0.4, 0.5) is 5.95 Å². The zero-order valence-corrected chi connectivity index (χ0v) is 10.2. The van der Waals surface area contributed by atoms with E-state index in [0.717, 1.165) is 0 Å². The largest absolute Gasteiger partial charge is 0.374 e. The van der Waals surface area contributed by atoms with E-state index in [0.29, 0.717) is 17.9 Å². The van der Waals surface area contributed by atoms with E-state index in [1.54, 1.807) is 4.68 Å². The van der Waals surface area contributed by atoms with Gasteiger partial charge in [-0.15, -0.1) is 5.10 Å². The van der Waals surface area contributed by atoms with E-state index in [2.05, 4.69) is 26.0 Å². The Morgan fingerprint density at radius 2 is 2.14 bits per heavy atom. The van der Waals surface area contributed by atoms with Crippen molar-refractivity contribution in [3.8, 4) is 0 Å². The van der Waals surface area contributed by atoms with E-state index >= 15 is 0 Å². The number of ether oxygens (including phenoxy) is 1. The third-order valence-corrected chi connectivity index (χ3v) is 2.07. The number of hydrogen-bond acceptors (Lipinski definition) is 4. The fraction of sp³-hybridized carbons (Fsp3) is 0.750. The quantitative estimate of drug-likeness (QED) is 0.896. The number of rotatable bonds is 3. The predicted molar refractivity (Wildman–Crippen MR) is 57.8 cm³/mol. The topological polar surface area (TPSA) is 66.0 Å². The van der Waals surface area contributed by atoms with Crippen molar-refractivity contribution in [1.29, 1.82) is 0 Å². The number of nitrogens with two attached hydrogens (primary N) is 1. The number of hydrogen-bond donors (Lipinski definition) is 1. The summed E-state index contributed by atoms with van der Waals surface area (Å²) >= 11 is 3.25. The van der Waals surface area contributed by atoms with Crippen molar-refractivity contribution in [3.05, 3.63) is 4.73 Å². The van der Waals surface area contributed by atoms with Gasteiger partial charge in [0.2, 0.25) is 5.95 Å². The minimum atomic E-state index is -0.126. The first-order chi connectivity index (χ1) is 6.38. The van der Waals surface area contributed by atoms with Crippen LogP contribution in [0, 0.1) is 0 Å². The lowest BCUT2D eigenvalue weighted by Crippen LogP contribution is -2.22. The molecule has 0 amide bonds. The molecule has 0 aromatic carbocycles. The van der Waals surface area contributed by atoms with Crippen LogP contribution in [0.5, 0.6) is 0 Å². The zero-order chi connectivity index (χ0) is 10.8. The second-order valence-corrected chi connectivity index (χ2v) is 4.63. The molecule has 1 rings (SSSR count). The molecular weight excluding hydrogens is 248 g/mol. The van der Waals surface area contributed by atoms with Crippen molar-refractivity contribution in [3.63, 3.8) is 0 Å². The molecule has 2 N–H and O–H groups in total. The van der Waals surface area contributed by atoms with E-state index in [1.165, 1.54) is 0 Å². The summed E-state index contributed by atoms with van der Waals surface area (Å²) in [6.45, 7) is 7.26. The molecule has 1 heterocycles. The highest BCUT2D eigenvalue weighted by Crippen LogP contribution is 2.10. The smallest absolute Gasteiger partial charge is 0.240 e. The van der Waals surface area contributed by atoms with Gasteiger partial charge >= 0.3 is 0 Å². The van der Waals surface area contributed by atoms with Crippen LogP contribution in [0.25, 0.3) is 0 Å². The summed E-state index contributed by atoms with van der Waals surface area (Å²) in [4.78, 5) is 3.92. The van der Waals surface area contributed by atoms with Gasteiger partial charge in [0.05, 0.1) is 18.8 Å². The van der Waals surface area contributed by atoms with Crippen molar-refractivity contribution >= 4 is 21.9 Å². The number of aromatic nitrogens is 3. The second-order valence-electron chi connectivity index (χ2n) is 3.92. The van der Waals surface area contributed by atoms with Gasteiger partial charge in [-0.05, 0) is 36.7 Å². The Labute approximate surface area is 91.8 Å². The molecule has 0 saturated carbocycles. The fourth-order valence-corrected chi connectivity index (χ4v) is 1.36. The summed E-state index contributed by atoms with van der Waals surface area (Å²) in [5, 5.41) is 3.99. The lowest BCUT2D eigenvalue weighted by atomic mass is 10.2. The maximum atomic E-state index is 5.55. The minimum absolute atomic E-state index is 0.126. The van der Waals surface area contributed by atoms with Crippen molar-refractivity contribution in [2.24, 2.45) is 0 Å². The molecule has 6 heteroatoms. The van der Waals surface area contributed by atoms with Crippen molar-refractivity contribution in [1.82, 2.24) is 14.8 Å². The molecule has 1 aromatic heterocycles. The summed E-state index contributed by atoms with van der Waals surface area (Å²) in [7, 11) is 0. The van der Waals surface area contributed by atoms with E-state index in [9.17, 15) is 0 Å². The summed E-state index contributed by atoms with van der Waals surface area (Å²) in [6.07, 6.45) is 0. The fourth-order valence-electron chi connectivity index (χ4n) is 0.920. The first-order valence-corrected chi connectivity index (χ1v) is 5.17. The highest BCUT2D eigenvalue weighted by Gasteiger charge is 2.10. The molecule has 0 aliphatic rings. The van der Waals surface area contributed by atoms with Crippen LogP contribution in [-0.4, -0.2) is 27.0 Å². The summed E-state index contributed by atoms with van der Waals surface area (Å²) in [6, 6.07) is 0. The molecular formula is C8H15BrN4O. The molecule has 0 radical (unpaired) electrons. The summed E-state index contributed by atoms with van der Waals surface area (Å²) in [5.41, 5.74) is 5.30. The molecule has 0 bridgehead atoms. The molecule has 14 heavy (non-hydrogen) atoms. The normalized spacial score (nSPS) is 12.0. The first-order valence-electron chi connectivity index (χ1n) is 4.38. The van der Waals surface area contributed by atoms with Crippen LogP contribution in [0.1, 0.15) is 20.8 Å². The highest BCUT2D eigenvalue weighted by atomic mass is 79.9. The number of nitrogens with zero attached hydrogens (tertiary/aromatic N) is 3. The zero-order valence-electron chi connectivity index (χ0n) is 8.62. The van der Waals surface area contributed by atoms with Gasteiger partial charge in [0.15, 0.2) is 4.73 Å². The van der Waals surface area contributed by atoms with Gasteiger partial charge in [0, 0.05) is 0 Å². The highest BCUT2D eigenvalue weighted by molar-refractivity contribution is 9.10. The molecule has 5 nitrogen and oxygen atoms in total. The van der Waals surface area contributed by atoms with E-state index in [1.807, 2.05) is 20.8 Å². The monoisotopic (exact) mass is 262 g/mol. The van der Waals surface area contributed by atoms with Crippen LogP contribution in [-0.2, 0) is 11.3 Å². The Hall–Kier alpha value is -0.620. The lowest BCUT2D eigenvalue weighted by Gasteiger charge is -2.19. The van der Waals surface area contributed by atoms with E-state index in [-0.39, 0.29) is 11.5 Å². The molecule has 0 aliphatic carbocycles. The van der Waals surface area contributed by atoms with Crippen molar-refractivity contribution in [2.45, 2.75) is 32.9 Å². The molecule has 0 unspecified atom stereocenters. The van der Waals surface area contributed by atoms with Crippen molar-refractivity contribution in [2.75, 3.05) is 12.3 Å². The molecule has 80 valence electrons. The maximum absolute atomic E-state index is 5.55. The third kappa shape index (κ3) is 3.63. The second kappa shape index (κ2) is 4.27. The Bertz CT molecular complexity index is 305. The first kappa shape index (κ1) is 11.5. The Balaban J connectivity index is 2.42. The van der Waals surface area contributed by atoms with Crippen LogP contribution in [0.3, 0.4) is 0 Å². The van der Waals surface area contributed by atoms with Gasteiger partial charge in [-0.25, -0.2) is 4.68 Å². The van der Waals surface area contributed by atoms with Gasteiger partial charge in [-0.1, -0.05) is 0 Å². The number of halogens is 1. The van der Waals surface area contributed by atoms with Gasteiger partial charge in [0.25, 0.3) is 0 Å². The van der Waals surface area contributed by atoms with Crippen LogP contribution in [0.15, 0.2) is 4.73 Å². The van der Waals surface area contributed by atoms with E-state index in [4.69, 9.17) is 10.5 Å². The SMILES string of the molecule is CC(C)(C)OCCn1nc(N)nc1Br. The average molecular weight is 263 g/mol. The van der Waals surface area contributed by atoms with Gasteiger partial charge < -0.3 is 10.5 Å². The van der Waals surface area contributed by atoms with Crippen molar-refractivity contribution < 1.29 is 4.74 Å². The van der Waals surface area contributed by atoms with Gasteiger partial charge in [-0.3, -0.25) is 0 Å². The van der Waals surface area contributed by atoms with Gasteiger partial charge in [0.1, 0.15) is 0 Å². The molecule has 0 saturated heterocycles. The lowest BCUT2D eigenvalue weighted by molar-refractivity contribution is -0.00812. The van der Waals surface area contributed by atoms with Gasteiger partial charge in [-0.2, -0.15) is 4.98 Å². The standard InChI is InChI=1S/C8H15BrN4O/c1-8(2,3)14-5-4-13-6(9)11-7(10)12-13/h4-5H2,1-3H3,(H2,10,12). The maximum Gasteiger partial charge on any atom is 0.240 e. The molecule has 0 aliphatic heterocycles. The Morgan fingerprint density at radius 3 is 2.57 bits per heavy atom. The summed E-state index contributed by atoms with van der Waals surface area (Å²) < 4.78 is 7.85. The Kier molecular flexibility index (Phi) is 3.49. The molecule has 0 fully saturated rings. The minimum Gasteiger partial charge on any atom is -0.374 e. The van der Waals surface area contributed by atoms with Crippen LogP contribution in [0.2, 0.25) is 0 Å². The Morgan fingerprint density at radius 1 is 1.50 bits per heavy atom. The molecule has 0 spiro atoms. The average Bonchev–Trinajstić information content (AvgIpc) is 2.27. The number of anilines is 1. The summed E-state index contributed by atoms with van der Waals surface area (Å²) in [5.74, 6) is 0.271. The van der Waals surface area contributed by atoms with E-state index < -0.39 is 0 Å². The number of nitrogen functional groups attached to an aromatic ring is 1. The predicted octanol–water partition coefficient (Wildman–Crippen LogP) is 1.44. The third-order valence-electron chi connectivity index (χ3n) is 1.48. The van der Waals surface area contributed by atoms with Crippen LogP contribution >= 0.6 is 15.9 Å². The molecule has 0 atom stereocenters. The van der Waals surface area contributed by atoms with Crippen LogP contribution < -0.4 is 5.73 Å².